The molecule has 1 heterocycles. The van der Waals surface area contributed by atoms with Gasteiger partial charge in [-0.05, 0) is 67.4 Å². The zero-order chi connectivity index (χ0) is 26.7. The highest BCUT2D eigenvalue weighted by Crippen LogP contribution is 2.42. The number of carbonyl (C=O) groups is 2. The average Bonchev–Trinajstić information content (AvgIpc) is 3.14. The van der Waals surface area contributed by atoms with E-state index < -0.39 is 29.3 Å². The maximum atomic E-state index is 14.1. The first-order valence-electron chi connectivity index (χ1n) is 11.7. The molecule has 1 aliphatic rings. The van der Waals surface area contributed by atoms with Crippen LogP contribution in [0.1, 0.15) is 36.6 Å². The molecule has 7 nitrogen and oxygen atoms in total. The molecule has 1 unspecified atom stereocenters. The third kappa shape index (κ3) is 5.28. The molecule has 8 heteroatoms. The normalized spacial score (nSPS) is 16.8. The molecule has 0 aromatic heterocycles. The van der Waals surface area contributed by atoms with Gasteiger partial charge in [-0.25, -0.2) is 4.39 Å². The number of amides is 1. The number of rotatable bonds is 8. The second-order valence-electron chi connectivity index (χ2n) is 8.86. The van der Waals surface area contributed by atoms with Crippen LogP contribution in [-0.4, -0.2) is 42.0 Å². The van der Waals surface area contributed by atoms with Gasteiger partial charge < -0.3 is 24.2 Å². The van der Waals surface area contributed by atoms with Crippen molar-refractivity contribution in [1.82, 2.24) is 4.90 Å². The minimum absolute atomic E-state index is 0.0126. The number of aliphatic hydroxyl groups is 1. The number of halogens is 1. The Hall–Kier alpha value is -4.33. The number of methoxy groups -OCH3 is 2. The Labute approximate surface area is 214 Å². The van der Waals surface area contributed by atoms with Crippen LogP contribution in [0, 0.1) is 5.82 Å². The molecule has 3 aromatic carbocycles. The van der Waals surface area contributed by atoms with Gasteiger partial charge in [-0.3, -0.25) is 9.59 Å². The quantitative estimate of drug-likeness (QED) is 0.256. The Morgan fingerprint density at radius 1 is 0.946 bits per heavy atom. The summed E-state index contributed by atoms with van der Waals surface area (Å²) in [5, 5.41) is 11.3. The van der Waals surface area contributed by atoms with Gasteiger partial charge in [-0.2, -0.15) is 0 Å². The first-order valence-corrected chi connectivity index (χ1v) is 11.7. The molecule has 37 heavy (non-hydrogen) atoms. The van der Waals surface area contributed by atoms with Gasteiger partial charge in [0.2, 0.25) is 0 Å². The lowest BCUT2D eigenvalue weighted by molar-refractivity contribution is -0.140. The predicted octanol–water partition coefficient (Wildman–Crippen LogP) is 5.25. The molecule has 0 spiro atoms. The van der Waals surface area contributed by atoms with E-state index in [0.29, 0.717) is 17.1 Å². The molecule has 0 bridgehead atoms. The Morgan fingerprint density at radius 2 is 1.59 bits per heavy atom. The minimum Gasteiger partial charge on any atom is -0.507 e. The van der Waals surface area contributed by atoms with Crippen molar-refractivity contribution in [2.45, 2.75) is 32.5 Å². The number of ketones is 1. The molecule has 0 aliphatic carbocycles. The second kappa shape index (κ2) is 10.7. The summed E-state index contributed by atoms with van der Waals surface area (Å²) >= 11 is 0. The summed E-state index contributed by atoms with van der Waals surface area (Å²) < 4.78 is 30.3. The molecule has 1 N–H and O–H groups in total. The number of hydrogen-bond donors (Lipinski definition) is 1. The van der Waals surface area contributed by atoms with Crippen LogP contribution in [0.15, 0.2) is 72.3 Å². The first kappa shape index (κ1) is 25.8. The Kier molecular flexibility index (Phi) is 7.47. The van der Waals surface area contributed by atoms with Gasteiger partial charge >= 0.3 is 0 Å². The van der Waals surface area contributed by atoms with Crippen LogP contribution in [0.5, 0.6) is 17.2 Å². The van der Waals surface area contributed by atoms with Gasteiger partial charge in [0.1, 0.15) is 28.8 Å². The van der Waals surface area contributed by atoms with E-state index in [1.165, 1.54) is 31.3 Å². The Bertz CT molecular complexity index is 1330. The molecule has 3 aromatic rings. The number of nitrogens with zero attached hydrogens (tertiary/aromatic N) is 1. The van der Waals surface area contributed by atoms with E-state index in [9.17, 15) is 19.1 Å². The third-order valence-corrected chi connectivity index (χ3v) is 6.04. The second-order valence-corrected chi connectivity index (χ2v) is 8.86. The number of hydrogen-bond acceptors (Lipinski definition) is 6. The predicted molar refractivity (Wildman–Crippen MR) is 136 cm³/mol. The number of likely N-dealkylation sites (tertiary alicyclic amines) is 1. The lowest BCUT2D eigenvalue weighted by atomic mass is 9.94. The Balaban J connectivity index is 1.82. The number of ether oxygens (including phenoxy) is 3. The number of Topliss-reactive ketones (excluding diaryl/α,β-unsaturated/α-hetero) is 1. The van der Waals surface area contributed by atoms with Crippen LogP contribution < -0.4 is 14.2 Å². The lowest BCUT2D eigenvalue weighted by Crippen LogP contribution is -2.29. The molecule has 4 rings (SSSR count). The summed E-state index contributed by atoms with van der Waals surface area (Å²) in [4.78, 5) is 28.0. The van der Waals surface area contributed by atoms with Gasteiger partial charge in [0, 0.05) is 6.54 Å². The van der Waals surface area contributed by atoms with Crippen LogP contribution in [0.25, 0.3) is 5.76 Å². The van der Waals surface area contributed by atoms with Crippen molar-refractivity contribution < 1.29 is 33.3 Å². The Morgan fingerprint density at radius 3 is 2.19 bits per heavy atom. The van der Waals surface area contributed by atoms with Crippen molar-refractivity contribution in [2.24, 2.45) is 0 Å². The van der Waals surface area contributed by atoms with E-state index >= 15 is 0 Å². The van der Waals surface area contributed by atoms with Gasteiger partial charge in [0.05, 0.1) is 37.5 Å². The highest BCUT2D eigenvalue weighted by Gasteiger charge is 2.46. The first-order chi connectivity index (χ1) is 17.7. The molecule has 192 valence electrons. The summed E-state index contributed by atoms with van der Waals surface area (Å²) in [6.07, 6.45) is 0.0126. The van der Waals surface area contributed by atoms with Crippen molar-refractivity contribution >= 4 is 17.4 Å². The fourth-order valence-corrected chi connectivity index (χ4v) is 4.33. The summed E-state index contributed by atoms with van der Waals surface area (Å²) in [6, 6.07) is 16.8. The molecule has 1 amide bonds. The van der Waals surface area contributed by atoms with Gasteiger partial charge in [0.25, 0.3) is 11.7 Å². The van der Waals surface area contributed by atoms with Gasteiger partial charge in [-0.1, -0.05) is 24.3 Å². The smallest absolute Gasteiger partial charge is 0.295 e. The topological polar surface area (TPSA) is 85.3 Å². The van der Waals surface area contributed by atoms with E-state index in [1.807, 2.05) is 26.0 Å². The summed E-state index contributed by atoms with van der Waals surface area (Å²) in [6.45, 7) is 3.95. The lowest BCUT2D eigenvalue weighted by Gasteiger charge is -2.26. The molecule has 0 radical (unpaired) electrons. The molecule has 1 atom stereocenters. The van der Waals surface area contributed by atoms with Crippen molar-refractivity contribution in [2.75, 3.05) is 14.2 Å². The maximum absolute atomic E-state index is 14.1. The van der Waals surface area contributed by atoms with Crippen LogP contribution >= 0.6 is 0 Å². The molecular weight excluding hydrogens is 477 g/mol. The SMILES string of the molecule is COc1ccc(C2/C(=C(\O)c3cc(F)ccc3OC)C(=O)C(=O)N2Cc2ccc(OC(C)C)cc2)cc1. The standard InChI is InChI=1S/C29H28FNO6/c1-17(2)37-22-10-5-18(6-11-22)16-31-26(19-7-12-21(35-3)13-8-19)25(28(33)29(31)34)27(32)23-15-20(30)9-14-24(23)36-4/h5-15,17,26,32H,16H2,1-4H3/b27-25+. The fourth-order valence-electron chi connectivity index (χ4n) is 4.33. The van der Waals surface area contributed by atoms with Crippen molar-refractivity contribution in [3.8, 4) is 17.2 Å². The average molecular weight is 506 g/mol. The zero-order valence-corrected chi connectivity index (χ0v) is 21.0. The summed E-state index contributed by atoms with van der Waals surface area (Å²) in [5.74, 6) is -1.34. The molecule has 1 saturated heterocycles. The van der Waals surface area contributed by atoms with E-state index in [1.54, 1.807) is 36.4 Å². The fraction of sp³-hybridized carbons (Fsp3) is 0.241. The van der Waals surface area contributed by atoms with Crippen molar-refractivity contribution in [1.29, 1.82) is 0 Å². The maximum Gasteiger partial charge on any atom is 0.295 e. The largest absolute Gasteiger partial charge is 0.507 e. The summed E-state index contributed by atoms with van der Waals surface area (Å²) in [7, 11) is 2.90. The number of aliphatic hydroxyl groups excluding tert-OH is 1. The van der Waals surface area contributed by atoms with Crippen LogP contribution in [0.4, 0.5) is 4.39 Å². The van der Waals surface area contributed by atoms with Crippen molar-refractivity contribution in [3.05, 3.63) is 94.8 Å². The highest BCUT2D eigenvalue weighted by atomic mass is 19.1. The third-order valence-electron chi connectivity index (χ3n) is 6.04. The van der Waals surface area contributed by atoms with E-state index in [-0.39, 0.29) is 29.5 Å². The van der Waals surface area contributed by atoms with E-state index in [4.69, 9.17) is 14.2 Å². The number of carbonyl (C=O) groups excluding carboxylic acids is 2. The molecule has 1 fully saturated rings. The number of benzene rings is 3. The minimum atomic E-state index is -0.925. The molecular formula is C29H28FNO6. The van der Waals surface area contributed by atoms with Crippen LogP contribution in [0.3, 0.4) is 0 Å². The van der Waals surface area contributed by atoms with E-state index in [0.717, 1.165) is 11.6 Å². The highest BCUT2D eigenvalue weighted by molar-refractivity contribution is 6.46. The summed E-state index contributed by atoms with van der Waals surface area (Å²) in [5.41, 5.74) is 1.17. The van der Waals surface area contributed by atoms with Gasteiger partial charge in [-0.15, -0.1) is 0 Å². The van der Waals surface area contributed by atoms with Gasteiger partial charge in [0.15, 0.2) is 0 Å². The molecule has 0 saturated carbocycles. The van der Waals surface area contributed by atoms with E-state index in [2.05, 4.69) is 0 Å². The van der Waals surface area contributed by atoms with Crippen LogP contribution in [-0.2, 0) is 16.1 Å². The monoisotopic (exact) mass is 505 g/mol. The van der Waals surface area contributed by atoms with Crippen LogP contribution in [0.2, 0.25) is 0 Å². The zero-order valence-electron chi connectivity index (χ0n) is 21.0. The molecule has 1 aliphatic heterocycles. The van der Waals surface area contributed by atoms with Crippen molar-refractivity contribution in [3.63, 3.8) is 0 Å².